The number of nitrogens with one attached hydrogen (secondary N) is 1. The van der Waals surface area contributed by atoms with Crippen molar-refractivity contribution in [1.29, 1.82) is 0 Å². The number of likely N-dealkylation sites (tertiary alicyclic amines) is 1. The van der Waals surface area contributed by atoms with Crippen LogP contribution < -0.4 is 5.32 Å². The number of Topliss-reactive ketones (excluding diaryl/α,β-unsaturated/α-hetero) is 1. The molecule has 2 unspecified atom stereocenters. The van der Waals surface area contributed by atoms with Crippen molar-refractivity contribution in [3.05, 3.63) is 22.4 Å². The molecule has 1 fully saturated rings. The van der Waals surface area contributed by atoms with Crippen LogP contribution in [0.2, 0.25) is 0 Å². The van der Waals surface area contributed by atoms with Crippen molar-refractivity contribution in [3.8, 4) is 0 Å². The number of thiophene rings is 1. The first-order valence-corrected chi connectivity index (χ1v) is 8.71. The molecule has 0 radical (unpaired) electrons. The Bertz CT molecular complexity index is 589. The van der Waals surface area contributed by atoms with Gasteiger partial charge in [0.1, 0.15) is 6.04 Å². The van der Waals surface area contributed by atoms with Gasteiger partial charge in [0.2, 0.25) is 11.8 Å². The van der Waals surface area contributed by atoms with E-state index < -0.39 is 12.1 Å². The van der Waals surface area contributed by atoms with Gasteiger partial charge in [-0.05, 0) is 30.2 Å². The van der Waals surface area contributed by atoms with Crippen LogP contribution in [0.3, 0.4) is 0 Å². The first kappa shape index (κ1) is 17.7. The van der Waals surface area contributed by atoms with Gasteiger partial charge in [-0.25, -0.2) is 0 Å². The molecule has 1 aliphatic heterocycles. The molecule has 2 amide bonds. The van der Waals surface area contributed by atoms with E-state index in [0.717, 1.165) is 4.88 Å². The topological polar surface area (TPSA) is 66.5 Å². The van der Waals surface area contributed by atoms with Gasteiger partial charge in [-0.3, -0.25) is 14.4 Å². The van der Waals surface area contributed by atoms with Gasteiger partial charge in [0.15, 0.2) is 5.78 Å². The normalized spacial score (nSPS) is 19.7. The summed E-state index contributed by atoms with van der Waals surface area (Å²) in [6.07, 6.45) is 0.883. The maximum Gasteiger partial charge on any atom is 0.243 e. The molecule has 1 aromatic heterocycles. The minimum atomic E-state index is -0.547. The van der Waals surface area contributed by atoms with Crippen LogP contribution in [0.1, 0.15) is 45.4 Å². The average molecular weight is 336 g/mol. The Morgan fingerprint density at radius 2 is 2.13 bits per heavy atom. The highest BCUT2D eigenvalue weighted by Crippen LogP contribution is 2.25. The number of ketones is 1. The summed E-state index contributed by atoms with van der Waals surface area (Å²) in [4.78, 5) is 39.3. The molecule has 0 aliphatic carbocycles. The Balaban J connectivity index is 2.10. The van der Waals surface area contributed by atoms with Gasteiger partial charge >= 0.3 is 0 Å². The van der Waals surface area contributed by atoms with E-state index in [-0.39, 0.29) is 23.0 Å². The van der Waals surface area contributed by atoms with Crippen LogP contribution in [0, 0.1) is 5.41 Å². The molecule has 126 valence electrons. The summed E-state index contributed by atoms with van der Waals surface area (Å²) < 4.78 is 0. The Hall–Kier alpha value is -1.69. The van der Waals surface area contributed by atoms with Crippen molar-refractivity contribution in [1.82, 2.24) is 10.2 Å². The molecule has 6 heteroatoms. The number of hydrogen-bond donors (Lipinski definition) is 1. The van der Waals surface area contributed by atoms with Crippen LogP contribution in [0.5, 0.6) is 0 Å². The van der Waals surface area contributed by atoms with Crippen LogP contribution in [0.25, 0.3) is 0 Å². The molecule has 1 saturated heterocycles. The molecule has 0 spiro atoms. The van der Waals surface area contributed by atoms with Gasteiger partial charge < -0.3 is 10.2 Å². The second kappa shape index (κ2) is 6.83. The number of carbonyl (C=O) groups excluding carboxylic acids is 3. The highest BCUT2D eigenvalue weighted by atomic mass is 32.1. The summed E-state index contributed by atoms with van der Waals surface area (Å²) in [6, 6.07) is 2.85. The summed E-state index contributed by atoms with van der Waals surface area (Å²) in [5, 5.41) is 4.80. The Morgan fingerprint density at radius 1 is 1.43 bits per heavy atom. The number of amides is 2. The lowest BCUT2D eigenvalue weighted by atomic mass is 9.84. The van der Waals surface area contributed by atoms with E-state index in [1.165, 1.54) is 6.92 Å². The molecule has 1 N–H and O–H groups in total. The lowest BCUT2D eigenvalue weighted by Crippen LogP contribution is -2.53. The third kappa shape index (κ3) is 4.19. The fraction of sp³-hybridized carbons (Fsp3) is 0.588. The number of nitrogens with zero attached hydrogens (tertiary/aromatic N) is 1. The zero-order valence-electron chi connectivity index (χ0n) is 14.1. The molecule has 2 atom stereocenters. The molecular formula is C17H24N2O3S. The molecule has 1 aromatic rings. The van der Waals surface area contributed by atoms with Gasteiger partial charge in [-0.2, -0.15) is 0 Å². The smallest absolute Gasteiger partial charge is 0.243 e. The fourth-order valence-electron chi connectivity index (χ4n) is 2.94. The molecule has 23 heavy (non-hydrogen) atoms. The van der Waals surface area contributed by atoms with Crippen molar-refractivity contribution in [2.24, 2.45) is 5.41 Å². The monoisotopic (exact) mass is 336 g/mol. The summed E-state index contributed by atoms with van der Waals surface area (Å²) in [5.74, 6) is -0.309. The van der Waals surface area contributed by atoms with Gasteiger partial charge in [0.05, 0.1) is 12.6 Å². The van der Waals surface area contributed by atoms with Crippen molar-refractivity contribution in [3.63, 3.8) is 0 Å². The van der Waals surface area contributed by atoms with E-state index in [9.17, 15) is 14.4 Å². The molecule has 1 aliphatic rings. The predicted molar refractivity (Wildman–Crippen MR) is 90.0 cm³/mol. The molecule has 2 rings (SSSR count). The van der Waals surface area contributed by atoms with Crippen LogP contribution in [-0.2, 0) is 20.9 Å². The van der Waals surface area contributed by atoms with Gasteiger partial charge in [-0.15, -0.1) is 11.3 Å². The van der Waals surface area contributed by atoms with E-state index in [1.807, 2.05) is 38.3 Å². The average Bonchev–Trinajstić information content (AvgIpc) is 3.06. The lowest BCUT2D eigenvalue weighted by Gasteiger charge is -2.32. The van der Waals surface area contributed by atoms with Gasteiger partial charge in [-0.1, -0.05) is 26.8 Å². The summed E-state index contributed by atoms with van der Waals surface area (Å²) in [5.41, 5.74) is -0.358. The minimum absolute atomic E-state index is 0.00585. The largest absolute Gasteiger partial charge is 0.344 e. The SMILES string of the molecule is CC(=O)C(NC(=O)C1CCC(=O)N1Cc1cccs1)C(C)(C)C. The number of hydrogen-bond acceptors (Lipinski definition) is 4. The van der Waals surface area contributed by atoms with E-state index in [1.54, 1.807) is 16.2 Å². The first-order chi connectivity index (χ1) is 10.7. The molecule has 0 aromatic carbocycles. The molecular weight excluding hydrogens is 312 g/mol. The Labute approximate surface area is 141 Å². The molecule has 0 bridgehead atoms. The standard InChI is InChI=1S/C17H24N2O3S/c1-11(20)15(17(2,3)4)18-16(22)13-7-8-14(21)19(13)10-12-6-5-9-23-12/h5-6,9,13,15H,7-8,10H2,1-4H3,(H,18,22). The summed E-state index contributed by atoms with van der Waals surface area (Å²) >= 11 is 1.57. The highest BCUT2D eigenvalue weighted by Gasteiger charge is 2.39. The fourth-order valence-corrected chi connectivity index (χ4v) is 3.64. The zero-order chi connectivity index (χ0) is 17.2. The van der Waals surface area contributed by atoms with Crippen molar-refractivity contribution in [2.75, 3.05) is 0 Å². The maximum absolute atomic E-state index is 12.6. The van der Waals surface area contributed by atoms with Crippen molar-refractivity contribution in [2.45, 2.75) is 59.2 Å². The quantitative estimate of drug-likeness (QED) is 0.897. The highest BCUT2D eigenvalue weighted by molar-refractivity contribution is 7.09. The first-order valence-electron chi connectivity index (χ1n) is 7.83. The summed E-state index contributed by atoms with van der Waals surface area (Å²) in [6.45, 7) is 7.70. The van der Waals surface area contributed by atoms with Crippen LogP contribution >= 0.6 is 11.3 Å². The van der Waals surface area contributed by atoms with Crippen LogP contribution in [0.4, 0.5) is 0 Å². The van der Waals surface area contributed by atoms with Crippen molar-refractivity contribution < 1.29 is 14.4 Å². The van der Waals surface area contributed by atoms with Gasteiger partial charge in [0.25, 0.3) is 0 Å². The Kier molecular flexibility index (Phi) is 5.24. The molecule has 2 heterocycles. The molecule has 5 nitrogen and oxygen atoms in total. The predicted octanol–water partition coefficient (Wildman–Crippen LogP) is 2.36. The van der Waals surface area contributed by atoms with E-state index in [4.69, 9.17) is 0 Å². The van der Waals surface area contributed by atoms with Crippen LogP contribution in [0.15, 0.2) is 17.5 Å². The van der Waals surface area contributed by atoms with E-state index in [0.29, 0.717) is 19.4 Å². The lowest BCUT2D eigenvalue weighted by molar-refractivity contribution is -0.137. The second-order valence-corrected chi connectivity index (χ2v) is 8.11. The summed E-state index contributed by atoms with van der Waals surface area (Å²) in [7, 11) is 0. The zero-order valence-corrected chi connectivity index (χ0v) is 14.9. The number of carbonyl (C=O) groups is 3. The second-order valence-electron chi connectivity index (χ2n) is 7.07. The third-order valence-electron chi connectivity index (χ3n) is 4.10. The number of rotatable bonds is 5. The van der Waals surface area contributed by atoms with E-state index >= 15 is 0 Å². The van der Waals surface area contributed by atoms with Crippen LogP contribution in [-0.4, -0.2) is 34.6 Å². The Morgan fingerprint density at radius 3 is 2.65 bits per heavy atom. The van der Waals surface area contributed by atoms with E-state index in [2.05, 4.69) is 5.32 Å². The van der Waals surface area contributed by atoms with Gasteiger partial charge in [0, 0.05) is 11.3 Å². The minimum Gasteiger partial charge on any atom is -0.344 e. The molecule has 0 saturated carbocycles. The maximum atomic E-state index is 12.6. The third-order valence-corrected chi connectivity index (χ3v) is 4.96. The van der Waals surface area contributed by atoms with Crippen molar-refractivity contribution >= 4 is 28.9 Å².